The standard InChI is InChI=1S/C19H23N5OS/c1-12-16-17(14(9-20)18(21)25-19(16)23-22-12)15-8-13(11-26-15)10-24-6-4-2-3-5-7-24/h8,11,17H,2-7,10,21H2,1H3,(H,22,23). The van der Waals surface area contributed by atoms with Crippen LogP contribution < -0.4 is 10.5 Å². The lowest BCUT2D eigenvalue weighted by molar-refractivity contribution is 0.277. The summed E-state index contributed by atoms with van der Waals surface area (Å²) < 4.78 is 5.54. The van der Waals surface area contributed by atoms with Gasteiger partial charge in [0.2, 0.25) is 11.8 Å². The van der Waals surface area contributed by atoms with E-state index in [0.717, 1.165) is 22.7 Å². The lowest BCUT2D eigenvalue weighted by Crippen LogP contribution is -2.23. The second kappa shape index (κ2) is 7.14. The van der Waals surface area contributed by atoms with Crippen molar-refractivity contribution in [2.45, 2.75) is 45.1 Å². The number of aryl methyl sites for hydroxylation is 1. The summed E-state index contributed by atoms with van der Waals surface area (Å²) in [6.45, 7) is 5.26. The molecular weight excluding hydrogens is 346 g/mol. The van der Waals surface area contributed by atoms with Crippen LogP contribution in [0.25, 0.3) is 0 Å². The molecule has 6 nitrogen and oxygen atoms in total. The summed E-state index contributed by atoms with van der Waals surface area (Å²) in [5, 5.41) is 19.0. The third kappa shape index (κ3) is 3.11. The zero-order valence-corrected chi connectivity index (χ0v) is 15.7. The number of aromatic amines is 1. The first-order valence-electron chi connectivity index (χ1n) is 9.09. The van der Waals surface area contributed by atoms with Crippen molar-refractivity contribution < 1.29 is 4.74 Å². The fraction of sp³-hybridized carbons (Fsp3) is 0.474. The molecule has 0 aromatic carbocycles. The van der Waals surface area contributed by atoms with E-state index in [1.165, 1.54) is 44.3 Å². The zero-order chi connectivity index (χ0) is 18.1. The summed E-state index contributed by atoms with van der Waals surface area (Å²) in [5.74, 6) is 0.427. The molecule has 26 heavy (non-hydrogen) atoms. The quantitative estimate of drug-likeness (QED) is 0.865. The van der Waals surface area contributed by atoms with Crippen molar-refractivity contribution in [3.05, 3.63) is 44.6 Å². The minimum atomic E-state index is -0.203. The molecule has 3 N–H and O–H groups in total. The normalized spacial score (nSPS) is 21.0. The molecule has 1 saturated heterocycles. The number of nitrogens with two attached hydrogens (primary N) is 1. The summed E-state index contributed by atoms with van der Waals surface area (Å²) in [5.41, 5.74) is 9.58. The Morgan fingerprint density at radius 2 is 2.15 bits per heavy atom. The fourth-order valence-electron chi connectivity index (χ4n) is 3.86. The van der Waals surface area contributed by atoms with Crippen molar-refractivity contribution in [3.63, 3.8) is 0 Å². The van der Waals surface area contributed by atoms with E-state index in [1.807, 2.05) is 6.92 Å². The van der Waals surface area contributed by atoms with Crippen LogP contribution in [0.3, 0.4) is 0 Å². The smallest absolute Gasteiger partial charge is 0.244 e. The van der Waals surface area contributed by atoms with Crippen molar-refractivity contribution >= 4 is 11.3 Å². The number of nitriles is 1. The highest BCUT2D eigenvalue weighted by molar-refractivity contribution is 7.10. The maximum absolute atomic E-state index is 9.64. The van der Waals surface area contributed by atoms with Gasteiger partial charge < -0.3 is 10.5 Å². The van der Waals surface area contributed by atoms with E-state index in [9.17, 15) is 5.26 Å². The Morgan fingerprint density at radius 1 is 1.38 bits per heavy atom. The summed E-state index contributed by atoms with van der Waals surface area (Å²) >= 11 is 1.68. The van der Waals surface area contributed by atoms with Crippen molar-refractivity contribution in [1.82, 2.24) is 15.1 Å². The average Bonchev–Trinajstić information content (AvgIpc) is 3.13. The first kappa shape index (κ1) is 17.1. The first-order chi connectivity index (χ1) is 12.7. The van der Waals surface area contributed by atoms with Gasteiger partial charge in [-0.05, 0) is 49.9 Å². The molecule has 2 aliphatic rings. The van der Waals surface area contributed by atoms with Crippen LogP contribution in [0.2, 0.25) is 0 Å². The summed E-state index contributed by atoms with van der Waals surface area (Å²) in [6.07, 6.45) is 5.25. The van der Waals surface area contributed by atoms with Crippen LogP contribution >= 0.6 is 11.3 Å². The Bertz CT molecular complexity index is 867. The zero-order valence-electron chi connectivity index (χ0n) is 14.9. The molecule has 1 unspecified atom stereocenters. The van der Waals surface area contributed by atoms with Crippen molar-refractivity contribution in [1.29, 1.82) is 5.26 Å². The van der Waals surface area contributed by atoms with Gasteiger partial charge >= 0.3 is 0 Å². The third-order valence-corrected chi connectivity index (χ3v) is 6.24. The molecule has 7 heteroatoms. The minimum absolute atomic E-state index is 0.152. The second-order valence-corrected chi connectivity index (χ2v) is 7.98. The van der Waals surface area contributed by atoms with Gasteiger partial charge in [0.1, 0.15) is 11.6 Å². The topological polar surface area (TPSA) is 91.0 Å². The highest BCUT2D eigenvalue weighted by atomic mass is 32.1. The molecule has 2 aromatic rings. The highest BCUT2D eigenvalue weighted by Crippen LogP contribution is 2.44. The van der Waals surface area contributed by atoms with Gasteiger partial charge in [-0.15, -0.1) is 16.4 Å². The SMILES string of the molecule is Cc1[nH]nc2c1C(c1cc(CN3CCCCCC3)cs1)C(C#N)=C(N)O2. The lowest BCUT2D eigenvalue weighted by Gasteiger charge is -2.22. The molecule has 1 atom stereocenters. The van der Waals surface area contributed by atoms with Crippen molar-refractivity contribution in [2.24, 2.45) is 5.73 Å². The number of H-pyrrole nitrogens is 1. The molecule has 136 valence electrons. The number of thiophene rings is 1. The molecule has 0 aliphatic carbocycles. The third-order valence-electron chi connectivity index (χ3n) is 5.19. The number of fused-ring (bicyclic) bond motifs is 1. The first-order valence-corrected chi connectivity index (χ1v) is 9.97. The number of aromatic nitrogens is 2. The molecule has 0 spiro atoms. The summed E-state index contributed by atoms with van der Waals surface area (Å²) in [7, 11) is 0. The van der Waals surface area contributed by atoms with Gasteiger partial charge in [-0.2, -0.15) is 5.26 Å². The number of nitrogens with one attached hydrogen (secondary N) is 1. The molecule has 0 bridgehead atoms. The molecule has 4 rings (SSSR count). The molecule has 1 fully saturated rings. The van der Waals surface area contributed by atoms with E-state index in [1.54, 1.807) is 11.3 Å². The van der Waals surface area contributed by atoms with Crippen LogP contribution in [-0.4, -0.2) is 28.2 Å². The number of allylic oxidation sites excluding steroid dienone is 1. The monoisotopic (exact) mass is 369 g/mol. The Hall–Kier alpha value is -2.30. The molecule has 2 aliphatic heterocycles. The highest BCUT2D eigenvalue weighted by Gasteiger charge is 2.35. The molecular formula is C19H23N5OS. The maximum Gasteiger partial charge on any atom is 0.244 e. The molecule has 0 saturated carbocycles. The largest absolute Gasteiger partial charge is 0.420 e. The van der Waals surface area contributed by atoms with E-state index >= 15 is 0 Å². The van der Waals surface area contributed by atoms with Crippen molar-refractivity contribution in [2.75, 3.05) is 13.1 Å². The Morgan fingerprint density at radius 3 is 2.88 bits per heavy atom. The Labute approximate surface area is 157 Å². The van der Waals surface area contributed by atoms with Gasteiger partial charge in [-0.1, -0.05) is 12.8 Å². The minimum Gasteiger partial charge on any atom is -0.420 e. The lowest BCUT2D eigenvalue weighted by atomic mass is 9.88. The average molecular weight is 369 g/mol. The number of rotatable bonds is 3. The summed E-state index contributed by atoms with van der Waals surface area (Å²) in [6, 6.07) is 4.46. The van der Waals surface area contributed by atoms with Crippen LogP contribution in [0, 0.1) is 18.3 Å². The molecule has 0 radical (unpaired) electrons. The van der Waals surface area contributed by atoms with E-state index in [0.29, 0.717) is 11.5 Å². The van der Waals surface area contributed by atoms with Gasteiger partial charge in [0.15, 0.2) is 0 Å². The van der Waals surface area contributed by atoms with Gasteiger partial charge in [-0.3, -0.25) is 10.00 Å². The number of hydrogen-bond acceptors (Lipinski definition) is 6. The predicted octanol–water partition coefficient (Wildman–Crippen LogP) is 3.37. The van der Waals surface area contributed by atoms with Crippen LogP contribution in [0.1, 0.15) is 53.3 Å². The van der Waals surface area contributed by atoms with Crippen LogP contribution in [0.5, 0.6) is 5.88 Å². The van der Waals surface area contributed by atoms with Gasteiger partial charge in [0.25, 0.3) is 0 Å². The molecule has 0 amide bonds. The van der Waals surface area contributed by atoms with E-state index in [4.69, 9.17) is 10.5 Å². The van der Waals surface area contributed by atoms with Crippen LogP contribution in [0.4, 0.5) is 0 Å². The molecule has 4 heterocycles. The van der Waals surface area contributed by atoms with Crippen LogP contribution in [-0.2, 0) is 6.54 Å². The van der Waals surface area contributed by atoms with Gasteiger partial charge in [-0.25, -0.2) is 0 Å². The summed E-state index contributed by atoms with van der Waals surface area (Å²) in [4.78, 5) is 3.65. The number of nitrogens with zero attached hydrogens (tertiary/aromatic N) is 3. The van der Waals surface area contributed by atoms with Gasteiger partial charge in [0, 0.05) is 17.1 Å². The predicted molar refractivity (Wildman–Crippen MR) is 101 cm³/mol. The van der Waals surface area contributed by atoms with Gasteiger partial charge in [0.05, 0.1) is 11.5 Å². The molecule has 2 aromatic heterocycles. The van der Waals surface area contributed by atoms with E-state index in [2.05, 4.69) is 32.6 Å². The Balaban J connectivity index is 1.63. The number of ether oxygens (including phenoxy) is 1. The Kier molecular flexibility index (Phi) is 4.70. The number of hydrogen-bond donors (Lipinski definition) is 2. The van der Waals surface area contributed by atoms with Crippen molar-refractivity contribution in [3.8, 4) is 11.9 Å². The fourth-order valence-corrected chi connectivity index (χ4v) is 4.89. The van der Waals surface area contributed by atoms with Crippen LogP contribution in [0.15, 0.2) is 22.9 Å². The number of likely N-dealkylation sites (tertiary alicyclic amines) is 1. The van der Waals surface area contributed by atoms with E-state index < -0.39 is 0 Å². The second-order valence-electron chi connectivity index (χ2n) is 7.04. The maximum atomic E-state index is 9.64. The van der Waals surface area contributed by atoms with E-state index in [-0.39, 0.29) is 11.8 Å².